The first-order valence-electron chi connectivity index (χ1n) is 5.59. The monoisotopic (exact) mass is 302 g/mol. The van der Waals surface area contributed by atoms with Crippen LogP contribution < -0.4 is 0 Å². The fourth-order valence-corrected chi connectivity index (χ4v) is 1.76. The molecule has 2 aromatic carbocycles. The second-order valence-electron chi connectivity index (χ2n) is 4.23. The molecule has 2 nitrogen and oxygen atoms in total. The van der Waals surface area contributed by atoms with Crippen molar-refractivity contribution in [3.05, 3.63) is 59.2 Å². The maximum absolute atomic E-state index is 13.1. The highest BCUT2D eigenvalue weighted by molar-refractivity contribution is 5.90. The average Bonchev–Trinajstić information content (AvgIpc) is 2.40. The first kappa shape index (κ1) is 15.0. The first-order chi connectivity index (χ1) is 9.68. The minimum Gasteiger partial charge on any atom is -0.478 e. The van der Waals surface area contributed by atoms with E-state index >= 15 is 0 Å². The van der Waals surface area contributed by atoms with Crippen molar-refractivity contribution in [3.63, 3.8) is 0 Å². The molecule has 21 heavy (non-hydrogen) atoms. The molecule has 7 heteroatoms. The molecule has 0 aliphatic rings. The quantitative estimate of drug-likeness (QED) is 0.837. The normalized spacial score (nSPS) is 11.5. The highest BCUT2D eigenvalue weighted by Gasteiger charge is 2.32. The smallest absolute Gasteiger partial charge is 0.416 e. The molecular weight excluding hydrogens is 295 g/mol. The van der Waals surface area contributed by atoms with Crippen LogP contribution in [0, 0.1) is 11.6 Å². The molecule has 2 aromatic rings. The average molecular weight is 302 g/mol. The topological polar surface area (TPSA) is 37.3 Å². The predicted molar refractivity (Wildman–Crippen MR) is 63.8 cm³/mol. The van der Waals surface area contributed by atoms with Crippen molar-refractivity contribution in [2.24, 2.45) is 0 Å². The van der Waals surface area contributed by atoms with E-state index in [1.54, 1.807) is 0 Å². The molecule has 1 N–H and O–H groups in total. The molecule has 110 valence electrons. The molecular formula is C14H7F5O2. The summed E-state index contributed by atoms with van der Waals surface area (Å²) in [6.45, 7) is 0. The Labute approximate surface area is 115 Å². The Balaban J connectivity index is 2.64. The molecule has 0 fully saturated rings. The molecule has 0 aromatic heterocycles. The van der Waals surface area contributed by atoms with Crippen LogP contribution in [0.1, 0.15) is 15.9 Å². The molecule has 0 radical (unpaired) electrons. The summed E-state index contributed by atoms with van der Waals surface area (Å²) in [5.74, 6) is -3.93. The molecule has 0 atom stereocenters. The lowest BCUT2D eigenvalue weighted by Crippen LogP contribution is -2.08. The largest absolute Gasteiger partial charge is 0.478 e. The fraction of sp³-hybridized carbons (Fsp3) is 0.0714. The zero-order valence-corrected chi connectivity index (χ0v) is 10.2. The molecule has 0 unspecified atom stereocenters. The maximum Gasteiger partial charge on any atom is 0.416 e. The molecule has 0 spiro atoms. The van der Waals surface area contributed by atoms with E-state index in [-0.39, 0.29) is 11.1 Å². The second-order valence-corrected chi connectivity index (χ2v) is 4.23. The highest BCUT2D eigenvalue weighted by atomic mass is 19.4. The van der Waals surface area contributed by atoms with Gasteiger partial charge in [0.05, 0.1) is 11.1 Å². The van der Waals surface area contributed by atoms with Crippen LogP contribution in [0.15, 0.2) is 36.4 Å². The van der Waals surface area contributed by atoms with Gasteiger partial charge in [-0.2, -0.15) is 13.2 Å². The third kappa shape index (κ3) is 3.18. The van der Waals surface area contributed by atoms with Gasteiger partial charge in [-0.25, -0.2) is 13.6 Å². The molecule has 0 aliphatic heterocycles. The number of aromatic carboxylic acids is 1. The Morgan fingerprint density at radius 2 is 1.57 bits per heavy atom. The predicted octanol–water partition coefficient (Wildman–Crippen LogP) is 4.35. The molecule has 0 amide bonds. The van der Waals surface area contributed by atoms with Crippen LogP contribution >= 0.6 is 0 Å². The standard InChI is InChI=1S/C14H7F5O2/c15-11-2-1-7(6-12(11)16)8-3-9(13(20)21)5-10(4-8)14(17,18)19/h1-6H,(H,20,21). The van der Waals surface area contributed by atoms with Gasteiger partial charge in [-0.15, -0.1) is 0 Å². The Morgan fingerprint density at radius 1 is 0.905 bits per heavy atom. The van der Waals surface area contributed by atoms with Crippen molar-refractivity contribution in [2.45, 2.75) is 6.18 Å². The van der Waals surface area contributed by atoms with Gasteiger partial charge in [-0.05, 0) is 41.5 Å². The van der Waals surface area contributed by atoms with E-state index in [4.69, 9.17) is 5.11 Å². The summed E-state index contributed by atoms with van der Waals surface area (Å²) in [6, 6.07) is 4.65. The fourth-order valence-electron chi connectivity index (χ4n) is 1.76. The summed E-state index contributed by atoms with van der Waals surface area (Å²) < 4.78 is 64.2. The molecule has 0 heterocycles. The van der Waals surface area contributed by atoms with Crippen molar-refractivity contribution in [1.29, 1.82) is 0 Å². The summed E-state index contributed by atoms with van der Waals surface area (Å²) in [6.07, 6.45) is -4.75. The van der Waals surface area contributed by atoms with E-state index in [9.17, 15) is 26.7 Å². The van der Waals surface area contributed by atoms with Gasteiger partial charge in [0.1, 0.15) is 0 Å². The van der Waals surface area contributed by atoms with Gasteiger partial charge in [0, 0.05) is 0 Å². The van der Waals surface area contributed by atoms with Crippen LogP contribution in [-0.4, -0.2) is 11.1 Å². The zero-order chi connectivity index (χ0) is 15.8. The summed E-state index contributed by atoms with van der Waals surface area (Å²) in [5.41, 5.74) is -1.99. The lowest BCUT2D eigenvalue weighted by Gasteiger charge is -2.11. The van der Waals surface area contributed by atoms with E-state index in [1.807, 2.05) is 0 Å². The van der Waals surface area contributed by atoms with Gasteiger partial charge in [-0.1, -0.05) is 6.07 Å². The van der Waals surface area contributed by atoms with Crippen LogP contribution in [0.3, 0.4) is 0 Å². The van der Waals surface area contributed by atoms with E-state index in [1.165, 1.54) is 0 Å². The van der Waals surface area contributed by atoms with Gasteiger partial charge in [-0.3, -0.25) is 0 Å². The van der Waals surface area contributed by atoms with Crippen LogP contribution in [-0.2, 0) is 6.18 Å². The van der Waals surface area contributed by atoms with Crippen molar-refractivity contribution in [3.8, 4) is 11.1 Å². The van der Waals surface area contributed by atoms with E-state index in [2.05, 4.69) is 0 Å². The van der Waals surface area contributed by atoms with Gasteiger partial charge < -0.3 is 5.11 Å². The molecule has 0 aliphatic carbocycles. The summed E-state index contributed by atoms with van der Waals surface area (Å²) in [4.78, 5) is 10.9. The minimum atomic E-state index is -4.75. The Morgan fingerprint density at radius 3 is 2.10 bits per heavy atom. The molecule has 0 bridgehead atoms. The molecule has 2 rings (SSSR count). The van der Waals surface area contributed by atoms with Gasteiger partial charge >= 0.3 is 12.1 Å². The lowest BCUT2D eigenvalue weighted by atomic mass is 9.99. The third-order valence-corrected chi connectivity index (χ3v) is 2.76. The lowest BCUT2D eigenvalue weighted by molar-refractivity contribution is -0.137. The summed E-state index contributed by atoms with van der Waals surface area (Å²) in [7, 11) is 0. The Hall–Kier alpha value is -2.44. The van der Waals surface area contributed by atoms with Crippen LogP contribution in [0.5, 0.6) is 0 Å². The number of rotatable bonds is 2. The number of hydrogen-bond donors (Lipinski definition) is 1. The number of benzene rings is 2. The zero-order valence-electron chi connectivity index (χ0n) is 10.2. The highest BCUT2D eigenvalue weighted by Crippen LogP contribution is 2.33. The molecule has 0 saturated heterocycles. The Kier molecular flexibility index (Phi) is 3.67. The van der Waals surface area contributed by atoms with Gasteiger partial charge in [0.25, 0.3) is 0 Å². The second kappa shape index (κ2) is 5.16. The van der Waals surface area contributed by atoms with Crippen LogP contribution in [0.2, 0.25) is 0 Å². The number of carbonyl (C=O) groups is 1. The third-order valence-electron chi connectivity index (χ3n) is 2.76. The SMILES string of the molecule is O=C(O)c1cc(-c2ccc(F)c(F)c2)cc(C(F)(F)F)c1. The number of halogens is 5. The van der Waals surface area contributed by atoms with Crippen LogP contribution in [0.25, 0.3) is 11.1 Å². The van der Waals surface area contributed by atoms with Gasteiger partial charge in [0.15, 0.2) is 11.6 Å². The summed E-state index contributed by atoms with van der Waals surface area (Å²) >= 11 is 0. The minimum absolute atomic E-state index is 0.0532. The number of carboxylic acids is 1. The van der Waals surface area contributed by atoms with Gasteiger partial charge in [0.2, 0.25) is 0 Å². The van der Waals surface area contributed by atoms with Crippen molar-refractivity contribution >= 4 is 5.97 Å². The number of carboxylic acid groups (broad SMARTS) is 1. The maximum atomic E-state index is 13.1. The van der Waals surface area contributed by atoms with Crippen LogP contribution in [0.4, 0.5) is 22.0 Å². The van der Waals surface area contributed by atoms with E-state index in [0.717, 1.165) is 18.2 Å². The van der Waals surface area contributed by atoms with E-state index < -0.39 is 34.9 Å². The number of hydrogen-bond acceptors (Lipinski definition) is 1. The Bertz CT molecular complexity index is 707. The molecule has 0 saturated carbocycles. The van der Waals surface area contributed by atoms with Crippen molar-refractivity contribution in [2.75, 3.05) is 0 Å². The van der Waals surface area contributed by atoms with Crippen molar-refractivity contribution in [1.82, 2.24) is 0 Å². The number of alkyl halides is 3. The first-order valence-corrected chi connectivity index (χ1v) is 5.59. The van der Waals surface area contributed by atoms with E-state index in [0.29, 0.717) is 18.2 Å². The summed E-state index contributed by atoms with van der Waals surface area (Å²) in [5, 5.41) is 8.84. The van der Waals surface area contributed by atoms with Crippen molar-refractivity contribution < 1.29 is 31.9 Å².